The lowest BCUT2D eigenvalue weighted by atomic mass is 9.65. The summed E-state index contributed by atoms with van der Waals surface area (Å²) in [5.74, 6) is 1.85. The summed E-state index contributed by atoms with van der Waals surface area (Å²) in [5, 5.41) is 3.05. The van der Waals surface area contributed by atoms with E-state index in [-0.39, 0.29) is 0 Å². The monoisotopic (exact) mass is 492 g/mol. The van der Waals surface area contributed by atoms with E-state index in [2.05, 4.69) is 115 Å². The van der Waals surface area contributed by atoms with Gasteiger partial charge in [-0.25, -0.2) is 0 Å². The SMILES string of the molecule is Clc1ccc(-c2cccc3c2-c2ccccc2C32c3ccccc3Oc3c2ccc2ccccc32)cc1. The first-order valence-electron chi connectivity index (χ1n) is 12.6. The molecule has 1 aliphatic heterocycles. The van der Waals surface area contributed by atoms with Crippen molar-refractivity contribution >= 4 is 22.4 Å². The summed E-state index contributed by atoms with van der Waals surface area (Å²) in [6.07, 6.45) is 0. The summed E-state index contributed by atoms with van der Waals surface area (Å²) in [6, 6.07) is 45.3. The molecule has 2 aliphatic rings. The fraction of sp³-hybridized carbons (Fsp3) is 0.0286. The highest BCUT2D eigenvalue weighted by Gasteiger charge is 2.51. The third kappa shape index (κ3) is 2.70. The molecule has 0 radical (unpaired) electrons. The fourth-order valence-corrected chi connectivity index (χ4v) is 6.67. The summed E-state index contributed by atoms with van der Waals surface area (Å²) in [6.45, 7) is 0. The van der Waals surface area contributed by atoms with Gasteiger partial charge in [0.15, 0.2) is 0 Å². The number of ether oxygens (including phenoxy) is 1. The Morgan fingerprint density at radius 1 is 0.514 bits per heavy atom. The minimum absolute atomic E-state index is 0.484. The van der Waals surface area contributed by atoms with Gasteiger partial charge in [-0.2, -0.15) is 0 Å². The van der Waals surface area contributed by atoms with Crippen molar-refractivity contribution in [3.05, 3.63) is 155 Å². The molecule has 6 aromatic carbocycles. The van der Waals surface area contributed by atoms with Crippen LogP contribution in [0.3, 0.4) is 0 Å². The maximum atomic E-state index is 6.72. The van der Waals surface area contributed by atoms with Crippen molar-refractivity contribution in [1.29, 1.82) is 0 Å². The molecule has 0 fully saturated rings. The van der Waals surface area contributed by atoms with Gasteiger partial charge in [0.1, 0.15) is 11.5 Å². The van der Waals surface area contributed by atoms with E-state index in [0.717, 1.165) is 27.5 Å². The second kappa shape index (κ2) is 7.59. The Labute approximate surface area is 220 Å². The Bertz CT molecular complexity index is 1870. The predicted octanol–water partition coefficient (Wildman–Crippen LogP) is 9.63. The zero-order valence-electron chi connectivity index (χ0n) is 19.9. The first-order valence-corrected chi connectivity index (χ1v) is 12.9. The molecule has 174 valence electrons. The van der Waals surface area contributed by atoms with E-state index in [4.69, 9.17) is 16.3 Å². The highest BCUT2D eigenvalue weighted by atomic mass is 35.5. The summed E-state index contributed by atoms with van der Waals surface area (Å²) in [7, 11) is 0. The van der Waals surface area contributed by atoms with Crippen LogP contribution in [0.1, 0.15) is 22.3 Å². The Morgan fingerprint density at radius 3 is 2.11 bits per heavy atom. The Balaban J connectivity index is 1.56. The maximum absolute atomic E-state index is 6.72. The van der Waals surface area contributed by atoms with Gasteiger partial charge in [0.25, 0.3) is 0 Å². The van der Waals surface area contributed by atoms with E-state index in [0.29, 0.717) is 0 Å². The van der Waals surface area contributed by atoms with Gasteiger partial charge in [0.05, 0.1) is 5.41 Å². The highest BCUT2D eigenvalue weighted by Crippen LogP contribution is 2.64. The lowest BCUT2D eigenvalue weighted by Gasteiger charge is -2.39. The molecule has 0 aromatic heterocycles. The number of rotatable bonds is 1. The van der Waals surface area contributed by atoms with Gasteiger partial charge < -0.3 is 4.74 Å². The Kier molecular flexibility index (Phi) is 4.27. The van der Waals surface area contributed by atoms with Crippen LogP contribution < -0.4 is 4.74 Å². The zero-order chi connectivity index (χ0) is 24.6. The standard InChI is InChI=1S/C35H21ClO/c36-24-19-16-23(17-20-24)25-11-7-14-30-33(25)27-10-3-4-12-28(27)35(30)29-13-5-6-15-32(29)37-34-26-9-2-1-8-22(26)18-21-31(34)35/h1-21H. The topological polar surface area (TPSA) is 9.23 Å². The van der Waals surface area contributed by atoms with Crippen molar-refractivity contribution in [3.63, 3.8) is 0 Å². The van der Waals surface area contributed by atoms with Gasteiger partial charge in [-0.15, -0.1) is 0 Å². The van der Waals surface area contributed by atoms with Crippen molar-refractivity contribution in [2.45, 2.75) is 5.41 Å². The van der Waals surface area contributed by atoms with Gasteiger partial charge in [-0.1, -0.05) is 121 Å². The van der Waals surface area contributed by atoms with Crippen molar-refractivity contribution in [2.75, 3.05) is 0 Å². The smallest absolute Gasteiger partial charge is 0.140 e. The number of benzene rings is 6. The summed E-state index contributed by atoms with van der Waals surface area (Å²) >= 11 is 6.26. The number of hydrogen-bond donors (Lipinski definition) is 0. The number of halogens is 1. The van der Waals surface area contributed by atoms with Crippen molar-refractivity contribution in [2.24, 2.45) is 0 Å². The molecule has 0 bridgehead atoms. The summed E-state index contributed by atoms with van der Waals surface area (Å²) in [4.78, 5) is 0. The van der Waals surface area contributed by atoms with E-state index in [1.807, 2.05) is 12.1 Å². The molecule has 1 atom stereocenters. The van der Waals surface area contributed by atoms with Crippen LogP contribution in [0.5, 0.6) is 11.5 Å². The predicted molar refractivity (Wildman–Crippen MR) is 152 cm³/mol. The van der Waals surface area contributed by atoms with Gasteiger partial charge in [0, 0.05) is 21.5 Å². The lowest BCUT2D eigenvalue weighted by molar-refractivity contribution is 0.441. The Hall–Kier alpha value is -4.33. The average molecular weight is 493 g/mol. The lowest BCUT2D eigenvalue weighted by Crippen LogP contribution is -2.32. The van der Waals surface area contributed by atoms with Gasteiger partial charge in [-0.05, 0) is 57.0 Å². The summed E-state index contributed by atoms with van der Waals surface area (Å²) < 4.78 is 6.72. The van der Waals surface area contributed by atoms with Crippen molar-refractivity contribution in [3.8, 4) is 33.8 Å². The van der Waals surface area contributed by atoms with Crippen LogP contribution in [0.15, 0.2) is 127 Å². The van der Waals surface area contributed by atoms with Crippen LogP contribution >= 0.6 is 11.6 Å². The van der Waals surface area contributed by atoms with E-state index >= 15 is 0 Å². The van der Waals surface area contributed by atoms with Crippen LogP contribution in [0.4, 0.5) is 0 Å². The van der Waals surface area contributed by atoms with Gasteiger partial charge >= 0.3 is 0 Å². The van der Waals surface area contributed by atoms with Crippen LogP contribution in [-0.4, -0.2) is 0 Å². The average Bonchev–Trinajstić information content (AvgIpc) is 3.25. The number of para-hydroxylation sites is 1. The second-order valence-corrected chi connectivity index (χ2v) is 10.2. The van der Waals surface area contributed by atoms with E-state index in [1.165, 1.54) is 44.3 Å². The fourth-order valence-electron chi connectivity index (χ4n) is 6.55. The highest BCUT2D eigenvalue weighted by molar-refractivity contribution is 6.30. The van der Waals surface area contributed by atoms with Gasteiger partial charge in [0.2, 0.25) is 0 Å². The molecule has 1 heterocycles. The minimum atomic E-state index is -0.484. The third-order valence-electron chi connectivity index (χ3n) is 8.01. The second-order valence-electron chi connectivity index (χ2n) is 9.79. The van der Waals surface area contributed by atoms with E-state index in [1.54, 1.807) is 0 Å². The first-order chi connectivity index (χ1) is 18.3. The molecule has 0 saturated carbocycles. The molecule has 1 spiro atoms. The van der Waals surface area contributed by atoms with Gasteiger partial charge in [-0.3, -0.25) is 0 Å². The van der Waals surface area contributed by atoms with Crippen LogP contribution in [-0.2, 0) is 5.41 Å². The maximum Gasteiger partial charge on any atom is 0.140 e. The van der Waals surface area contributed by atoms with Crippen molar-refractivity contribution < 1.29 is 4.74 Å². The normalized spacial score (nSPS) is 16.6. The van der Waals surface area contributed by atoms with Crippen LogP contribution in [0, 0.1) is 0 Å². The molecule has 1 nitrogen and oxygen atoms in total. The number of hydrogen-bond acceptors (Lipinski definition) is 1. The molecular formula is C35H21ClO. The molecule has 1 unspecified atom stereocenters. The number of fused-ring (bicyclic) bond motifs is 11. The quantitative estimate of drug-likeness (QED) is 0.221. The molecular weight excluding hydrogens is 472 g/mol. The van der Waals surface area contributed by atoms with Crippen LogP contribution in [0.2, 0.25) is 5.02 Å². The molecule has 6 aromatic rings. The van der Waals surface area contributed by atoms with E-state index in [9.17, 15) is 0 Å². The molecule has 0 N–H and O–H groups in total. The Morgan fingerprint density at radius 2 is 1.22 bits per heavy atom. The van der Waals surface area contributed by atoms with Crippen LogP contribution in [0.25, 0.3) is 33.0 Å². The largest absolute Gasteiger partial charge is 0.456 e. The minimum Gasteiger partial charge on any atom is -0.456 e. The molecule has 2 heteroatoms. The molecule has 1 aliphatic carbocycles. The molecule has 8 rings (SSSR count). The van der Waals surface area contributed by atoms with Crippen molar-refractivity contribution in [1.82, 2.24) is 0 Å². The zero-order valence-corrected chi connectivity index (χ0v) is 20.7. The first kappa shape index (κ1) is 20.8. The third-order valence-corrected chi connectivity index (χ3v) is 8.26. The summed E-state index contributed by atoms with van der Waals surface area (Å²) in [5.41, 5.74) is 9.36. The molecule has 0 saturated heterocycles. The molecule has 37 heavy (non-hydrogen) atoms. The van der Waals surface area contributed by atoms with E-state index < -0.39 is 5.41 Å². The molecule has 0 amide bonds.